The quantitative estimate of drug-likeness (QED) is 0.732. The highest BCUT2D eigenvalue weighted by Crippen LogP contribution is 2.39. The second-order valence-corrected chi connectivity index (χ2v) is 7.06. The molecule has 2 aliphatic rings. The van der Waals surface area contributed by atoms with Crippen LogP contribution in [0, 0.1) is 17.2 Å². The summed E-state index contributed by atoms with van der Waals surface area (Å²) in [6.45, 7) is 9.25. The molecule has 1 amide bonds. The van der Waals surface area contributed by atoms with Crippen LogP contribution in [0.25, 0.3) is 0 Å². The number of carbonyl (C=O) groups excluding carboxylic acids is 1. The molecule has 0 unspecified atom stereocenters. The number of rotatable bonds is 6. The fourth-order valence-corrected chi connectivity index (χ4v) is 3.24. The first-order valence-electron chi connectivity index (χ1n) is 8.21. The largest absolute Gasteiger partial charge is 0.392 e. The molecule has 0 aromatic heterocycles. The average Bonchev–Trinajstić information content (AvgIpc) is 3.26. The normalized spacial score (nSPS) is 27.7. The molecule has 0 radical (unpaired) electrons. The van der Waals surface area contributed by atoms with Gasteiger partial charge in [0.05, 0.1) is 18.7 Å². The van der Waals surface area contributed by atoms with Crippen LogP contribution in [0.2, 0.25) is 0 Å². The summed E-state index contributed by atoms with van der Waals surface area (Å²) in [7, 11) is 0. The Kier molecular flexibility index (Phi) is 5.43. The third-order valence-corrected chi connectivity index (χ3v) is 4.74. The van der Waals surface area contributed by atoms with Gasteiger partial charge in [-0.2, -0.15) is 5.26 Å². The van der Waals surface area contributed by atoms with Crippen molar-refractivity contribution in [1.29, 1.82) is 5.26 Å². The number of aliphatic hydroxyl groups is 1. The lowest BCUT2D eigenvalue weighted by Gasteiger charge is -2.40. The maximum Gasteiger partial charge on any atom is 0.235 e. The molecular formula is C16H28N4O2. The van der Waals surface area contributed by atoms with Crippen LogP contribution in [-0.2, 0) is 4.79 Å². The molecule has 6 nitrogen and oxygen atoms in total. The van der Waals surface area contributed by atoms with Gasteiger partial charge in [-0.15, -0.1) is 0 Å². The number of amides is 1. The Labute approximate surface area is 133 Å². The van der Waals surface area contributed by atoms with E-state index in [0.717, 1.165) is 32.5 Å². The Bertz CT molecular complexity index is 444. The van der Waals surface area contributed by atoms with Gasteiger partial charge < -0.3 is 10.4 Å². The monoisotopic (exact) mass is 308 g/mol. The van der Waals surface area contributed by atoms with Gasteiger partial charge in [0.15, 0.2) is 0 Å². The number of aliphatic hydroxyl groups excluding tert-OH is 1. The Morgan fingerprint density at radius 3 is 2.68 bits per heavy atom. The van der Waals surface area contributed by atoms with Crippen LogP contribution in [-0.4, -0.2) is 71.2 Å². The van der Waals surface area contributed by atoms with Gasteiger partial charge in [0, 0.05) is 32.2 Å². The lowest BCUT2D eigenvalue weighted by molar-refractivity contribution is -0.124. The number of piperazine rings is 1. The second-order valence-electron chi connectivity index (χ2n) is 7.06. The van der Waals surface area contributed by atoms with Crippen molar-refractivity contribution in [3.05, 3.63) is 0 Å². The molecule has 2 fully saturated rings. The molecule has 0 aromatic carbocycles. The Hall–Kier alpha value is -1.16. The number of β-amino-alcohol motifs (C(OH)–C–C–N with tert-alkyl or cyclic N) is 1. The Morgan fingerprint density at radius 2 is 2.18 bits per heavy atom. The highest BCUT2D eigenvalue weighted by molar-refractivity contribution is 5.79. The predicted molar refractivity (Wildman–Crippen MR) is 84.0 cm³/mol. The third-order valence-electron chi connectivity index (χ3n) is 4.74. The molecule has 0 bridgehead atoms. The van der Waals surface area contributed by atoms with Crippen LogP contribution in [0.5, 0.6) is 0 Å². The van der Waals surface area contributed by atoms with Gasteiger partial charge in [0.1, 0.15) is 5.54 Å². The standard InChI is InChI=1S/C16H28N4O2/c1-12-8-19(6-7-20(12)9-13(2)21)10-15(22)18-16(3,11-17)14-4-5-14/h12-14,21H,4-10H2,1-3H3,(H,18,22)/t12-,13-,16-/m0/s1. The lowest BCUT2D eigenvalue weighted by Crippen LogP contribution is -2.56. The highest BCUT2D eigenvalue weighted by atomic mass is 16.3. The van der Waals surface area contributed by atoms with Crippen molar-refractivity contribution in [3.63, 3.8) is 0 Å². The summed E-state index contributed by atoms with van der Waals surface area (Å²) in [5.41, 5.74) is -0.711. The maximum atomic E-state index is 12.2. The van der Waals surface area contributed by atoms with E-state index in [1.807, 2.05) is 6.92 Å². The minimum absolute atomic E-state index is 0.0628. The highest BCUT2D eigenvalue weighted by Gasteiger charge is 2.43. The fraction of sp³-hybridized carbons (Fsp3) is 0.875. The van der Waals surface area contributed by atoms with Crippen molar-refractivity contribution in [1.82, 2.24) is 15.1 Å². The van der Waals surface area contributed by atoms with Crippen LogP contribution in [0.4, 0.5) is 0 Å². The molecule has 2 N–H and O–H groups in total. The van der Waals surface area contributed by atoms with E-state index in [4.69, 9.17) is 0 Å². The molecule has 1 saturated carbocycles. The van der Waals surface area contributed by atoms with Gasteiger partial charge in [0.25, 0.3) is 0 Å². The van der Waals surface area contributed by atoms with Crippen molar-refractivity contribution >= 4 is 5.91 Å². The number of nitriles is 1. The van der Waals surface area contributed by atoms with E-state index < -0.39 is 5.54 Å². The van der Waals surface area contributed by atoms with E-state index in [1.54, 1.807) is 6.92 Å². The summed E-state index contributed by atoms with van der Waals surface area (Å²) in [5, 5.41) is 21.7. The smallest absolute Gasteiger partial charge is 0.235 e. The molecule has 1 saturated heterocycles. The van der Waals surface area contributed by atoms with E-state index in [9.17, 15) is 15.2 Å². The fourth-order valence-electron chi connectivity index (χ4n) is 3.24. The van der Waals surface area contributed by atoms with Gasteiger partial charge in [-0.25, -0.2) is 0 Å². The van der Waals surface area contributed by atoms with Crippen LogP contribution >= 0.6 is 0 Å². The van der Waals surface area contributed by atoms with Gasteiger partial charge in [-0.05, 0) is 39.5 Å². The maximum absolute atomic E-state index is 12.2. The van der Waals surface area contributed by atoms with E-state index in [1.165, 1.54) is 0 Å². The van der Waals surface area contributed by atoms with E-state index in [-0.39, 0.29) is 12.0 Å². The van der Waals surface area contributed by atoms with Crippen molar-refractivity contribution in [3.8, 4) is 6.07 Å². The SMILES string of the molecule is C[C@H](O)CN1CCN(CC(=O)N[C@@](C)(C#N)C2CC2)C[C@@H]1C. The van der Waals surface area contributed by atoms with E-state index in [2.05, 4.69) is 28.1 Å². The third kappa shape index (κ3) is 4.42. The first-order valence-corrected chi connectivity index (χ1v) is 8.21. The van der Waals surface area contributed by atoms with E-state index >= 15 is 0 Å². The van der Waals surface area contributed by atoms with Gasteiger partial charge in [-0.3, -0.25) is 14.6 Å². The average molecular weight is 308 g/mol. The summed E-state index contributed by atoms with van der Waals surface area (Å²) in [6, 6.07) is 2.58. The molecule has 1 heterocycles. The zero-order chi connectivity index (χ0) is 16.3. The second kappa shape index (κ2) is 6.95. The summed E-state index contributed by atoms with van der Waals surface area (Å²) in [4.78, 5) is 16.6. The first kappa shape index (κ1) is 17.2. The number of nitrogens with one attached hydrogen (secondary N) is 1. The van der Waals surface area contributed by atoms with Crippen LogP contribution in [0.15, 0.2) is 0 Å². The lowest BCUT2D eigenvalue weighted by atomic mass is 9.98. The molecule has 0 aromatic rings. The number of hydrogen-bond acceptors (Lipinski definition) is 5. The van der Waals surface area contributed by atoms with Crippen LogP contribution < -0.4 is 5.32 Å². The molecule has 22 heavy (non-hydrogen) atoms. The van der Waals surface area contributed by atoms with E-state index in [0.29, 0.717) is 25.0 Å². The van der Waals surface area contributed by atoms with Crippen LogP contribution in [0.3, 0.4) is 0 Å². The van der Waals surface area contributed by atoms with Gasteiger partial charge in [0.2, 0.25) is 5.91 Å². The molecule has 2 rings (SSSR count). The molecule has 6 heteroatoms. The van der Waals surface area contributed by atoms with Gasteiger partial charge >= 0.3 is 0 Å². The first-order chi connectivity index (χ1) is 10.3. The molecular weight excluding hydrogens is 280 g/mol. The molecule has 1 aliphatic carbocycles. The molecule has 0 spiro atoms. The summed E-state index contributed by atoms with van der Waals surface area (Å²) < 4.78 is 0. The molecule has 3 atom stereocenters. The molecule has 1 aliphatic heterocycles. The van der Waals surface area contributed by atoms with Crippen LogP contribution in [0.1, 0.15) is 33.6 Å². The summed E-state index contributed by atoms with van der Waals surface area (Å²) in [5.74, 6) is 0.246. The van der Waals surface area contributed by atoms with Crippen molar-refractivity contribution in [2.45, 2.75) is 51.3 Å². The zero-order valence-electron chi connectivity index (χ0n) is 13.9. The Morgan fingerprint density at radius 1 is 1.50 bits per heavy atom. The number of carbonyl (C=O) groups is 1. The predicted octanol–water partition coefficient (Wildman–Crippen LogP) is 0.182. The zero-order valence-corrected chi connectivity index (χ0v) is 13.9. The Balaban J connectivity index is 1.80. The minimum atomic E-state index is -0.711. The number of hydrogen-bond donors (Lipinski definition) is 2. The topological polar surface area (TPSA) is 79.6 Å². The number of nitrogens with zero attached hydrogens (tertiary/aromatic N) is 3. The molecule has 124 valence electrons. The van der Waals surface area contributed by atoms with Crippen molar-refractivity contribution in [2.75, 3.05) is 32.7 Å². The van der Waals surface area contributed by atoms with Gasteiger partial charge in [-0.1, -0.05) is 0 Å². The summed E-state index contributed by atoms with van der Waals surface area (Å²) in [6.07, 6.45) is 1.73. The van der Waals surface area contributed by atoms with Crippen molar-refractivity contribution in [2.24, 2.45) is 5.92 Å². The van der Waals surface area contributed by atoms with Crippen molar-refractivity contribution < 1.29 is 9.90 Å². The minimum Gasteiger partial charge on any atom is -0.392 e. The summed E-state index contributed by atoms with van der Waals surface area (Å²) >= 11 is 0.